The van der Waals surface area contributed by atoms with Crippen molar-refractivity contribution in [1.29, 1.82) is 0 Å². The van der Waals surface area contributed by atoms with Crippen molar-refractivity contribution in [3.8, 4) is 0 Å². The second-order valence-electron chi connectivity index (χ2n) is 7.20. The molecule has 0 aromatic heterocycles. The van der Waals surface area contributed by atoms with Crippen LogP contribution in [0.3, 0.4) is 0 Å². The number of ether oxygens (including phenoxy) is 2. The van der Waals surface area contributed by atoms with Crippen molar-refractivity contribution in [2.45, 2.75) is 65.2 Å². The van der Waals surface area contributed by atoms with Crippen LogP contribution < -0.4 is 5.32 Å². The molecule has 0 heterocycles. The zero-order chi connectivity index (χ0) is 18.5. The van der Waals surface area contributed by atoms with E-state index in [0.717, 1.165) is 11.7 Å². The number of amides is 1. The maximum absolute atomic E-state index is 11.9. The van der Waals surface area contributed by atoms with Gasteiger partial charge in [-0.3, -0.25) is 4.79 Å². The maximum atomic E-state index is 11.9. The standard InChI is InChI=1S/C15H27NO6S/c1-14(2,3)21-12(17)10-11(8-9-23(7,19)20)16-13(18)22-15(4,5)6/h8-9,11H,10H2,1-7H3,(H,16,18). The summed E-state index contributed by atoms with van der Waals surface area (Å²) in [5.41, 5.74) is -1.38. The van der Waals surface area contributed by atoms with E-state index in [2.05, 4.69) is 5.32 Å². The van der Waals surface area contributed by atoms with Gasteiger partial charge in [-0.15, -0.1) is 0 Å². The van der Waals surface area contributed by atoms with Gasteiger partial charge in [-0.25, -0.2) is 13.2 Å². The maximum Gasteiger partial charge on any atom is 0.408 e. The summed E-state index contributed by atoms with van der Waals surface area (Å²) in [4.78, 5) is 23.7. The van der Waals surface area contributed by atoms with E-state index in [1.807, 2.05) is 0 Å². The predicted molar refractivity (Wildman–Crippen MR) is 87.6 cm³/mol. The van der Waals surface area contributed by atoms with Gasteiger partial charge in [-0.05, 0) is 41.5 Å². The summed E-state index contributed by atoms with van der Waals surface area (Å²) in [5.74, 6) is -0.559. The lowest BCUT2D eigenvalue weighted by molar-refractivity contribution is -0.155. The molecule has 0 saturated carbocycles. The molecule has 0 bridgehead atoms. The molecule has 0 fully saturated rings. The van der Waals surface area contributed by atoms with Gasteiger partial charge in [0, 0.05) is 11.7 Å². The van der Waals surface area contributed by atoms with E-state index < -0.39 is 39.1 Å². The molecular formula is C15H27NO6S. The normalized spacial score (nSPS) is 14.4. The number of hydrogen-bond acceptors (Lipinski definition) is 6. The van der Waals surface area contributed by atoms with E-state index in [9.17, 15) is 18.0 Å². The minimum atomic E-state index is -3.39. The summed E-state index contributed by atoms with van der Waals surface area (Å²) >= 11 is 0. The third-order valence-corrected chi connectivity index (χ3v) is 2.72. The Labute approximate surface area is 138 Å². The molecule has 0 radical (unpaired) electrons. The highest BCUT2D eigenvalue weighted by molar-refractivity contribution is 7.93. The highest BCUT2D eigenvalue weighted by atomic mass is 32.2. The van der Waals surface area contributed by atoms with Crippen LogP contribution in [0.2, 0.25) is 0 Å². The first kappa shape index (κ1) is 21.4. The van der Waals surface area contributed by atoms with Gasteiger partial charge in [-0.2, -0.15) is 0 Å². The van der Waals surface area contributed by atoms with E-state index in [1.165, 1.54) is 6.08 Å². The Bertz CT molecular complexity index is 521. The summed E-state index contributed by atoms with van der Waals surface area (Å²) < 4.78 is 32.7. The average Bonchev–Trinajstić information content (AvgIpc) is 2.18. The predicted octanol–water partition coefficient (Wildman–Crippen LogP) is 2.17. The third-order valence-electron chi connectivity index (χ3n) is 2.07. The van der Waals surface area contributed by atoms with Gasteiger partial charge in [0.25, 0.3) is 0 Å². The van der Waals surface area contributed by atoms with Crippen LogP contribution >= 0.6 is 0 Å². The first-order valence-electron chi connectivity index (χ1n) is 7.17. The Morgan fingerprint density at radius 3 is 1.91 bits per heavy atom. The van der Waals surface area contributed by atoms with Crippen molar-refractivity contribution in [3.63, 3.8) is 0 Å². The lowest BCUT2D eigenvalue weighted by Gasteiger charge is -2.23. The molecule has 0 rings (SSSR count). The highest BCUT2D eigenvalue weighted by Gasteiger charge is 2.23. The molecule has 1 unspecified atom stereocenters. The van der Waals surface area contributed by atoms with Gasteiger partial charge < -0.3 is 14.8 Å². The van der Waals surface area contributed by atoms with E-state index in [4.69, 9.17) is 9.47 Å². The lowest BCUT2D eigenvalue weighted by atomic mass is 10.1. The zero-order valence-electron chi connectivity index (χ0n) is 14.8. The molecule has 8 heteroatoms. The number of carbonyl (C=O) groups is 2. The van der Waals surface area contributed by atoms with Crippen LogP contribution in [0.5, 0.6) is 0 Å². The Kier molecular flexibility index (Phi) is 7.27. The van der Waals surface area contributed by atoms with Crippen molar-refractivity contribution in [3.05, 3.63) is 11.5 Å². The van der Waals surface area contributed by atoms with Crippen LogP contribution in [0.25, 0.3) is 0 Å². The summed E-state index contributed by atoms with van der Waals surface area (Å²) in [6.45, 7) is 10.2. The number of sulfone groups is 1. The quantitative estimate of drug-likeness (QED) is 0.764. The largest absolute Gasteiger partial charge is 0.460 e. The van der Waals surface area contributed by atoms with E-state index >= 15 is 0 Å². The SMILES string of the molecule is CC(C)(C)OC(=O)CC(C=CS(C)(=O)=O)NC(=O)OC(C)(C)C. The third kappa shape index (κ3) is 13.8. The van der Waals surface area contributed by atoms with Crippen LogP contribution in [0, 0.1) is 0 Å². The lowest BCUT2D eigenvalue weighted by Crippen LogP contribution is -2.40. The molecule has 134 valence electrons. The first-order chi connectivity index (χ1) is 10.1. The smallest absolute Gasteiger partial charge is 0.408 e. The van der Waals surface area contributed by atoms with E-state index in [-0.39, 0.29) is 6.42 Å². The van der Waals surface area contributed by atoms with E-state index in [0.29, 0.717) is 0 Å². The molecule has 0 aliphatic carbocycles. The van der Waals surface area contributed by atoms with Gasteiger partial charge in [0.1, 0.15) is 11.2 Å². The average molecular weight is 349 g/mol. The van der Waals surface area contributed by atoms with Crippen molar-refractivity contribution >= 4 is 21.9 Å². The highest BCUT2D eigenvalue weighted by Crippen LogP contribution is 2.11. The Morgan fingerprint density at radius 1 is 1.04 bits per heavy atom. The molecule has 0 aromatic rings. The molecule has 1 atom stereocenters. The monoisotopic (exact) mass is 349 g/mol. The van der Waals surface area contributed by atoms with Crippen LogP contribution in [0.1, 0.15) is 48.0 Å². The molecule has 0 aliphatic rings. The van der Waals surface area contributed by atoms with Crippen LogP contribution in [-0.2, 0) is 24.1 Å². The summed E-state index contributed by atoms with van der Waals surface area (Å²) in [6, 6.07) is -0.852. The van der Waals surface area contributed by atoms with Crippen molar-refractivity contribution in [2.75, 3.05) is 6.26 Å². The van der Waals surface area contributed by atoms with Crippen LogP contribution in [0.4, 0.5) is 4.79 Å². The molecule has 1 N–H and O–H groups in total. The van der Waals surface area contributed by atoms with Gasteiger partial charge in [0.05, 0.1) is 12.5 Å². The fourth-order valence-corrected chi connectivity index (χ4v) is 1.90. The van der Waals surface area contributed by atoms with Crippen molar-refractivity contribution in [2.24, 2.45) is 0 Å². The second kappa shape index (κ2) is 7.81. The van der Waals surface area contributed by atoms with Gasteiger partial charge in [0.15, 0.2) is 9.84 Å². The first-order valence-corrected chi connectivity index (χ1v) is 9.12. The van der Waals surface area contributed by atoms with Gasteiger partial charge in [0.2, 0.25) is 0 Å². The molecular weight excluding hydrogens is 322 g/mol. The van der Waals surface area contributed by atoms with Crippen molar-refractivity contribution in [1.82, 2.24) is 5.32 Å². The topological polar surface area (TPSA) is 98.8 Å². The molecule has 1 amide bonds. The number of alkyl carbamates (subject to hydrolysis) is 1. The zero-order valence-corrected chi connectivity index (χ0v) is 15.6. The fraction of sp³-hybridized carbons (Fsp3) is 0.733. The number of hydrogen-bond donors (Lipinski definition) is 1. The molecule has 0 aliphatic heterocycles. The number of rotatable bonds is 5. The molecule has 0 saturated heterocycles. The fourth-order valence-electron chi connectivity index (χ4n) is 1.43. The van der Waals surface area contributed by atoms with E-state index in [1.54, 1.807) is 41.5 Å². The number of esters is 1. The molecule has 0 spiro atoms. The minimum Gasteiger partial charge on any atom is -0.460 e. The number of nitrogens with one attached hydrogen (secondary N) is 1. The molecule has 7 nitrogen and oxygen atoms in total. The van der Waals surface area contributed by atoms with Crippen LogP contribution in [-0.4, -0.2) is 44.0 Å². The Balaban J connectivity index is 4.99. The van der Waals surface area contributed by atoms with Crippen LogP contribution in [0.15, 0.2) is 11.5 Å². The molecule has 0 aromatic carbocycles. The summed E-state index contributed by atoms with van der Waals surface area (Å²) in [5, 5.41) is 3.38. The van der Waals surface area contributed by atoms with Gasteiger partial charge >= 0.3 is 12.1 Å². The minimum absolute atomic E-state index is 0.206. The van der Waals surface area contributed by atoms with Gasteiger partial charge in [-0.1, -0.05) is 6.08 Å². The Hall–Kier alpha value is -1.57. The summed E-state index contributed by atoms with van der Waals surface area (Å²) in [7, 11) is -3.39. The van der Waals surface area contributed by atoms with Crippen molar-refractivity contribution < 1.29 is 27.5 Å². The number of carbonyl (C=O) groups excluding carboxylic acids is 2. The molecule has 23 heavy (non-hydrogen) atoms. The Morgan fingerprint density at radius 2 is 1.52 bits per heavy atom. The summed E-state index contributed by atoms with van der Waals surface area (Å²) in [6.07, 6.45) is 1.29. The second-order valence-corrected chi connectivity index (χ2v) is 9.13.